The number of para-hydroxylation sites is 1. The minimum absolute atomic E-state index is 1.21. The predicted molar refractivity (Wildman–Crippen MR) is 225 cm³/mol. The van der Waals surface area contributed by atoms with Crippen LogP contribution in [0, 0.1) is 0 Å². The molecule has 2 heterocycles. The van der Waals surface area contributed by atoms with Gasteiger partial charge < -0.3 is 4.57 Å². The van der Waals surface area contributed by atoms with Crippen molar-refractivity contribution in [1.82, 2.24) is 4.57 Å². The van der Waals surface area contributed by atoms with Crippen molar-refractivity contribution in [3.8, 4) is 39.1 Å². The number of aromatic nitrogens is 1. The summed E-state index contributed by atoms with van der Waals surface area (Å²) in [6.07, 6.45) is 0. The van der Waals surface area contributed by atoms with Gasteiger partial charge in [0.25, 0.3) is 0 Å². The van der Waals surface area contributed by atoms with E-state index in [9.17, 15) is 0 Å². The molecule has 0 saturated heterocycles. The van der Waals surface area contributed by atoms with Gasteiger partial charge in [0.15, 0.2) is 0 Å². The van der Waals surface area contributed by atoms with Crippen molar-refractivity contribution >= 4 is 74.9 Å². The highest BCUT2D eigenvalue weighted by Gasteiger charge is 2.18. The molecule has 0 N–H and O–H groups in total. The predicted octanol–water partition coefficient (Wildman–Crippen LogP) is 14.5. The van der Waals surface area contributed by atoms with E-state index in [2.05, 4.69) is 193 Å². The first-order valence-electron chi connectivity index (χ1n) is 17.8. The zero-order chi connectivity index (χ0) is 34.2. The molecule has 0 unspecified atom stereocenters. The molecule has 0 radical (unpaired) electrons. The van der Waals surface area contributed by atoms with E-state index in [-0.39, 0.29) is 0 Å². The van der Waals surface area contributed by atoms with Gasteiger partial charge in [-0.25, -0.2) is 0 Å². The van der Waals surface area contributed by atoms with Crippen LogP contribution in [0.15, 0.2) is 188 Å². The third-order valence-corrected chi connectivity index (χ3v) is 11.9. The van der Waals surface area contributed by atoms with Gasteiger partial charge in [0, 0.05) is 30.9 Å². The average molecular weight is 678 g/mol. The van der Waals surface area contributed by atoms with Gasteiger partial charge in [-0.2, -0.15) is 0 Å². The third kappa shape index (κ3) is 4.48. The molecule has 11 aromatic rings. The first-order valence-corrected chi connectivity index (χ1v) is 18.7. The van der Waals surface area contributed by atoms with Gasteiger partial charge in [-0.05, 0) is 116 Å². The fourth-order valence-electron chi connectivity index (χ4n) is 8.39. The summed E-state index contributed by atoms with van der Waals surface area (Å²) < 4.78 is 5.11. The lowest BCUT2D eigenvalue weighted by atomic mass is 9.89. The molecule has 0 fully saturated rings. The maximum absolute atomic E-state index is 2.48. The molecule has 9 aromatic carbocycles. The van der Waals surface area contributed by atoms with E-state index in [0.717, 1.165) is 0 Å². The Hall–Kier alpha value is -6.48. The van der Waals surface area contributed by atoms with Gasteiger partial charge >= 0.3 is 0 Å². The monoisotopic (exact) mass is 677 g/mol. The Morgan fingerprint density at radius 2 is 0.962 bits per heavy atom. The van der Waals surface area contributed by atoms with Gasteiger partial charge in [0.1, 0.15) is 0 Å². The summed E-state index contributed by atoms with van der Waals surface area (Å²) in [6.45, 7) is 0. The summed E-state index contributed by atoms with van der Waals surface area (Å²) in [6, 6.07) is 69.3. The molecule has 2 aromatic heterocycles. The minimum Gasteiger partial charge on any atom is -0.309 e. The van der Waals surface area contributed by atoms with Crippen molar-refractivity contribution < 1.29 is 0 Å². The summed E-state index contributed by atoms with van der Waals surface area (Å²) in [5.74, 6) is 0. The second kappa shape index (κ2) is 11.5. The van der Waals surface area contributed by atoms with Crippen LogP contribution in [0.4, 0.5) is 0 Å². The number of nitrogens with zero attached hydrogens (tertiary/aromatic N) is 1. The number of thiophene rings is 1. The van der Waals surface area contributed by atoms with Crippen LogP contribution < -0.4 is 0 Å². The maximum atomic E-state index is 2.48. The van der Waals surface area contributed by atoms with E-state index in [4.69, 9.17) is 0 Å². The zero-order valence-electron chi connectivity index (χ0n) is 28.3. The van der Waals surface area contributed by atoms with Crippen LogP contribution in [0.3, 0.4) is 0 Å². The van der Waals surface area contributed by atoms with Gasteiger partial charge in [0.2, 0.25) is 0 Å². The van der Waals surface area contributed by atoms with Crippen LogP contribution in [0.25, 0.3) is 103 Å². The van der Waals surface area contributed by atoms with E-state index in [1.54, 1.807) is 0 Å². The maximum Gasteiger partial charge on any atom is 0.0555 e. The normalized spacial score (nSPS) is 11.8. The molecule has 1 nitrogen and oxygen atoms in total. The Labute approximate surface area is 305 Å². The second-order valence-corrected chi connectivity index (χ2v) is 14.8. The van der Waals surface area contributed by atoms with Crippen LogP contribution in [0.1, 0.15) is 0 Å². The third-order valence-electron chi connectivity index (χ3n) is 10.7. The lowest BCUT2D eigenvalue weighted by molar-refractivity contribution is 1.20. The smallest absolute Gasteiger partial charge is 0.0555 e. The Morgan fingerprint density at radius 1 is 0.327 bits per heavy atom. The van der Waals surface area contributed by atoms with E-state index in [1.165, 1.54) is 103 Å². The average Bonchev–Trinajstić information content (AvgIpc) is 3.76. The zero-order valence-corrected chi connectivity index (χ0v) is 29.1. The highest BCUT2D eigenvalue weighted by atomic mass is 32.1. The van der Waals surface area contributed by atoms with Crippen molar-refractivity contribution in [3.05, 3.63) is 188 Å². The van der Waals surface area contributed by atoms with E-state index < -0.39 is 0 Å². The van der Waals surface area contributed by atoms with Crippen molar-refractivity contribution in [1.29, 1.82) is 0 Å². The number of fused-ring (bicyclic) bond motifs is 9. The summed E-state index contributed by atoms with van der Waals surface area (Å²) in [4.78, 5) is 0. The van der Waals surface area contributed by atoms with Gasteiger partial charge in [-0.1, -0.05) is 127 Å². The fourth-order valence-corrected chi connectivity index (χ4v) is 9.52. The largest absolute Gasteiger partial charge is 0.309 e. The SMILES string of the molecule is c1ccc(-c2cc(-c3ccc4c(c3)c3ccccc3n4-c3cccc4sc5ccccc5c34)cc(-c3cc4ccccc4c4ccccc34)c2)cc1. The highest BCUT2D eigenvalue weighted by Crippen LogP contribution is 2.43. The number of hydrogen-bond donors (Lipinski definition) is 0. The molecule has 0 aliphatic heterocycles. The Kier molecular flexibility index (Phi) is 6.49. The minimum atomic E-state index is 1.21. The molecular formula is C50H31NS. The molecular weight excluding hydrogens is 647 g/mol. The summed E-state index contributed by atoms with van der Waals surface area (Å²) in [7, 11) is 0. The van der Waals surface area contributed by atoms with Crippen molar-refractivity contribution in [2.24, 2.45) is 0 Å². The summed E-state index contributed by atoms with van der Waals surface area (Å²) in [5.41, 5.74) is 11.0. The molecule has 11 rings (SSSR count). The molecule has 0 saturated carbocycles. The molecule has 0 bridgehead atoms. The quantitative estimate of drug-likeness (QED) is 0.163. The Balaban J connectivity index is 1.17. The van der Waals surface area contributed by atoms with Crippen molar-refractivity contribution in [2.45, 2.75) is 0 Å². The first kappa shape index (κ1) is 29.3. The van der Waals surface area contributed by atoms with Gasteiger partial charge in [-0.15, -0.1) is 11.3 Å². The summed E-state index contributed by atoms with van der Waals surface area (Å²) in [5, 5.41) is 10.2. The lowest BCUT2D eigenvalue weighted by Crippen LogP contribution is -1.94. The molecule has 0 amide bonds. The van der Waals surface area contributed by atoms with E-state index in [0.29, 0.717) is 0 Å². The first-order chi connectivity index (χ1) is 25.8. The molecule has 0 aliphatic carbocycles. The fraction of sp³-hybridized carbons (Fsp3) is 0. The van der Waals surface area contributed by atoms with Crippen LogP contribution in [-0.4, -0.2) is 4.57 Å². The van der Waals surface area contributed by atoms with Gasteiger partial charge in [-0.3, -0.25) is 0 Å². The van der Waals surface area contributed by atoms with E-state index in [1.807, 2.05) is 11.3 Å². The second-order valence-electron chi connectivity index (χ2n) is 13.7. The Bertz CT molecular complexity index is 3180. The molecule has 0 aliphatic rings. The van der Waals surface area contributed by atoms with Gasteiger partial charge in [0.05, 0.1) is 16.7 Å². The van der Waals surface area contributed by atoms with Crippen LogP contribution in [0.2, 0.25) is 0 Å². The lowest BCUT2D eigenvalue weighted by Gasteiger charge is -2.15. The standard InChI is InChI=1S/C50H31NS/c1-2-13-32(14-3-1)35-27-36(29-37(28-35)43-31-34-15-4-5-16-38(34)39-17-6-7-18-40(39)43)33-25-26-46-44(30-33)41-19-8-10-21-45(41)51(46)47-22-12-24-49-50(47)42-20-9-11-23-48(42)52-49/h1-31H. The number of benzene rings is 9. The van der Waals surface area contributed by atoms with Crippen LogP contribution in [-0.2, 0) is 0 Å². The molecule has 2 heteroatoms. The van der Waals surface area contributed by atoms with Crippen LogP contribution >= 0.6 is 11.3 Å². The number of hydrogen-bond acceptors (Lipinski definition) is 1. The van der Waals surface area contributed by atoms with Crippen molar-refractivity contribution in [2.75, 3.05) is 0 Å². The molecule has 0 spiro atoms. The topological polar surface area (TPSA) is 4.93 Å². The van der Waals surface area contributed by atoms with E-state index >= 15 is 0 Å². The highest BCUT2D eigenvalue weighted by molar-refractivity contribution is 7.25. The number of rotatable bonds is 4. The molecule has 52 heavy (non-hydrogen) atoms. The molecule has 242 valence electrons. The Morgan fingerprint density at radius 3 is 1.83 bits per heavy atom. The summed E-state index contributed by atoms with van der Waals surface area (Å²) >= 11 is 1.87. The molecule has 0 atom stereocenters. The van der Waals surface area contributed by atoms with Crippen LogP contribution in [0.5, 0.6) is 0 Å². The van der Waals surface area contributed by atoms with Crippen molar-refractivity contribution in [3.63, 3.8) is 0 Å².